The lowest BCUT2D eigenvalue weighted by molar-refractivity contribution is 0.283. The minimum atomic E-state index is -0.292. The van der Waals surface area contributed by atoms with Crippen LogP contribution in [-0.4, -0.2) is 7.11 Å². The summed E-state index contributed by atoms with van der Waals surface area (Å²) in [4.78, 5) is 0. The first kappa shape index (κ1) is 14.9. The lowest BCUT2D eigenvalue weighted by Gasteiger charge is -2.12. The number of hydrogen-bond donors (Lipinski definition) is 0. The van der Waals surface area contributed by atoms with E-state index in [1.54, 1.807) is 13.2 Å². The molecule has 2 nitrogen and oxygen atoms in total. The molecule has 2 aromatic rings. The summed E-state index contributed by atoms with van der Waals surface area (Å²) in [6.07, 6.45) is 0.937. The summed E-state index contributed by atoms with van der Waals surface area (Å²) >= 11 is 3.23. The van der Waals surface area contributed by atoms with Gasteiger partial charge in [0.2, 0.25) is 0 Å². The van der Waals surface area contributed by atoms with Gasteiger partial charge in [-0.3, -0.25) is 0 Å². The molecule has 106 valence electrons. The summed E-state index contributed by atoms with van der Waals surface area (Å²) in [6, 6.07) is 10.7. The highest BCUT2D eigenvalue weighted by Gasteiger charge is 2.09. The van der Waals surface area contributed by atoms with Gasteiger partial charge in [-0.1, -0.05) is 25.1 Å². The Hall–Kier alpha value is -1.55. The van der Waals surface area contributed by atoms with E-state index in [2.05, 4.69) is 22.9 Å². The van der Waals surface area contributed by atoms with Gasteiger partial charge in [-0.25, -0.2) is 4.39 Å². The molecule has 0 N–H and O–H groups in total. The van der Waals surface area contributed by atoms with E-state index in [1.165, 1.54) is 11.6 Å². The second-order valence-electron chi connectivity index (χ2n) is 4.34. The van der Waals surface area contributed by atoms with Gasteiger partial charge in [-0.05, 0) is 46.1 Å². The van der Waals surface area contributed by atoms with Crippen LogP contribution in [-0.2, 0) is 13.0 Å². The van der Waals surface area contributed by atoms with Crippen molar-refractivity contribution in [3.05, 3.63) is 57.8 Å². The molecule has 2 aromatic carbocycles. The Morgan fingerprint density at radius 2 is 1.95 bits per heavy atom. The normalized spacial score (nSPS) is 10.4. The summed E-state index contributed by atoms with van der Waals surface area (Å²) in [6.45, 7) is 2.36. The van der Waals surface area contributed by atoms with E-state index in [4.69, 9.17) is 9.47 Å². The van der Waals surface area contributed by atoms with E-state index in [9.17, 15) is 4.39 Å². The Bertz CT molecular complexity index is 599. The van der Waals surface area contributed by atoms with Crippen molar-refractivity contribution in [2.24, 2.45) is 0 Å². The van der Waals surface area contributed by atoms with Gasteiger partial charge in [0.15, 0.2) is 11.5 Å². The third-order valence-electron chi connectivity index (χ3n) is 3.05. The van der Waals surface area contributed by atoms with Crippen LogP contribution in [0.3, 0.4) is 0 Å². The fraction of sp³-hybridized carbons (Fsp3) is 0.250. The number of hydrogen-bond acceptors (Lipinski definition) is 2. The quantitative estimate of drug-likeness (QED) is 0.783. The van der Waals surface area contributed by atoms with Crippen molar-refractivity contribution in [1.82, 2.24) is 0 Å². The van der Waals surface area contributed by atoms with Crippen LogP contribution in [0.2, 0.25) is 0 Å². The number of methoxy groups -OCH3 is 1. The van der Waals surface area contributed by atoms with Crippen molar-refractivity contribution >= 4 is 15.9 Å². The van der Waals surface area contributed by atoms with E-state index in [0.717, 1.165) is 12.0 Å². The van der Waals surface area contributed by atoms with Crippen molar-refractivity contribution in [3.63, 3.8) is 0 Å². The molecule has 0 atom stereocenters. The zero-order chi connectivity index (χ0) is 14.5. The van der Waals surface area contributed by atoms with Crippen molar-refractivity contribution in [2.45, 2.75) is 20.0 Å². The average Bonchev–Trinajstić information content (AvgIpc) is 2.48. The standard InChI is InChI=1S/C16H16BrFO2/c1-3-11-7-8-14(15(9-11)19-2)20-10-12-5-4-6-13(18)16(12)17/h4-9H,3,10H2,1-2H3. The van der Waals surface area contributed by atoms with E-state index in [1.807, 2.05) is 24.3 Å². The maximum atomic E-state index is 13.4. The molecule has 0 bridgehead atoms. The number of ether oxygens (including phenoxy) is 2. The number of halogens is 2. The van der Waals surface area contributed by atoms with Crippen molar-refractivity contribution in [2.75, 3.05) is 7.11 Å². The van der Waals surface area contributed by atoms with Crippen LogP contribution >= 0.6 is 15.9 Å². The minimum absolute atomic E-state index is 0.278. The molecule has 0 saturated heterocycles. The molecule has 0 amide bonds. The molecule has 0 heterocycles. The summed E-state index contributed by atoms with van der Waals surface area (Å²) in [5.41, 5.74) is 1.94. The van der Waals surface area contributed by atoms with Crippen LogP contribution < -0.4 is 9.47 Å². The molecule has 0 spiro atoms. The monoisotopic (exact) mass is 338 g/mol. The zero-order valence-corrected chi connectivity index (χ0v) is 13.0. The van der Waals surface area contributed by atoms with Gasteiger partial charge >= 0.3 is 0 Å². The van der Waals surface area contributed by atoms with Crippen molar-refractivity contribution < 1.29 is 13.9 Å². The van der Waals surface area contributed by atoms with E-state index in [-0.39, 0.29) is 12.4 Å². The molecule has 2 rings (SSSR count). The molecular weight excluding hydrogens is 323 g/mol. The highest BCUT2D eigenvalue weighted by Crippen LogP contribution is 2.30. The van der Waals surface area contributed by atoms with Gasteiger partial charge < -0.3 is 9.47 Å². The van der Waals surface area contributed by atoms with E-state index >= 15 is 0 Å². The molecule has 0 aliphatic carbocycles. The van der Waals surface area contributed by atoms with Gasteiger partial charge in [-0.15, -0.1) is 0 Å². The van der Waals surface area contributed by atoms with Crippen LogP contribution in [0.4, 0.5) is 4.39 Å². The molecule has 0 radical (unpaired) electrons. The maximum Gasteiger partial charge on any atom is 0.161 e. The van der Waals surface area contributed by atoms with Crippen LogP contribution in [0, 0.1) is 5.82 Å². The zero-order valence-electron chi connectivity index (χ0n) is 11.5. The van der Waals surface area contributed by atoms with Gasteiger partial charge in [0.25, 0.3) is 0 Å². The molecule has 0 aliphatic rings. The summed E-state index contributed by atoms with van der Waals surface area (Å²) < 4.78 is 24.9. The average molecular weight is 339 g/mol. The van der Waals surface area contributed by atoms with E-state index < -0.39 is 0 Å². The summed E-state index contributed by atoms with van der Waals surface area (Å²) in [5.74, 6) is 1.05. The third kappa shape index (κ3) is 3.31. The first-order valence-corrected chi connectivity index (χ1v) is 7.17. The van der Waals surface area contributed by atoms with Crippen LogP contribution in [0.5, 0.6) is 11.5 Å². The first-order chi connectivity index (χ1) is 9.65. The highest BCUT2D eigenvalue weighted by molar-refractivity contribution is 9.10. The smallest absolute Gasteiger partial charge is 0.161 e. The van der Waals surface area contributed by atoms with Gasteiger partial charge in [-0.2, -0.15) is 0 Å². The lowest BCUT2D eigenvalue weighted by atomic mass is 10.1. The second kappa shape index (κ2) is 6.75. The Kier molecular flexibility index (Phi) is 5.01. The maximum absolute atomic E-state index is 13.4. The van der Waals surface area contributed by atoms with Crippen LogP contribution in [0.15, 0.2) is 40.9 Å². The fourth-order valence-electron chi connectivity index (χ4n) is 1.87. The van der Waals surface area contributed by atoms with E-state index in [0.29, 0.717) is 16.0 Å². The van der Waals surface area contributed by atoms with Gasteiger partial charge in [0.05, 0.1) is 11.6 Å². The first-order valence-electron chi connectivity index (χ1n) is 6.38. The molecular formula is C16H16BrFO2. The number of benzene rings is 2. The molecule has 0 aliphatic heterocycles. The predicted octanol–water partition coefficient (Wildman–Crippen LogP) is 4.74. The summed E-state index contributed by atoms with van der Waals surface area (Å²) in [7, 11) is 1.61. The molecule has 0 fully saturated rings. The fourth-order valence-corrected chi connectivity index (χ4v) is 2.25. The lowest BCUT2D eigenvalue weighted by Crippen LogP contribution is -2.00. The van der Waals surface area contributed by atoms with Gasteiger partial charge in [0.1, 0.15) is 12.4 Å². The predicted molar refractivity (Wildman–Crippen MR) is 80.8 cm³/mol. The Balaban J connectivity index is 2.16. The Morgan fingerprint density at radius 3 is 2.65 bits per heavy atom. The molecule has 4 heteroatoms. The largest absolute Gasteiger partial charge is 0.493 e. The van der Waals surface area contributed by atoms with Crippen LogP contribution in [0.25, 0.3) is 0 Å². The minimum Gasteiger partial charge on any atom is -0.493 e. The van der Waals surface area contributed by atoms with Gasteiger partial charge in [0, 0.05) is 5.56 Å². The van der Waals surface area contributed by atoms with Crippen molar-refractivity contribution in [1.29, 1.82) is 0 Å². The molecule has 0 unspecified atom stereocenters. The number of rotatable bonds is 5. The molecule has 0 aromatic heterocycles. The Morgan fingerprint density at radius 1 is 1.15 bits per heavy atom. The van der Waals surface area contributed by atoms with Crippen molar-refractivity contribution in [3.8, 4) is 11.5 Å². The topological polar surface area (TPSA) is 18.5 Å². The SMILES string of the molecule is CCc1ccc(OCc2cccc(F)c2Br)c(OC)c1. The second-order valence-corrected chi connectivity index (χ2v) is 5.13. The molecule has 20 heavy (non-hydrogen) atoms. The number of aryl methyl sites for hydroxylation is 1. The Labute approximate surface area is 126 Å². The summed E-state index contributed by atoms with van der Waals surface area (Å²) in [5, 5.41) is 0. The van der Waals surface area contributed by atoms with Crippen LogP contribution in [0.1, 0.15) is 18.1 Å². The third-order valence-corrected chi connectivity index (χ3v) is 3.94. The molecule has 0 saturated carbocycles. The highest BCUT2D eigenvalue weighted by atomic mass is 79.9.